The van der Waals surface area contributed by atoms with E-state index in [0.717, 1.165) is 10.8 Å². The number of fused-ring (bicyclic) bond motifs is 1. The number of carbonyl (C=O) groups is 1. The van der Waals surface area contributed by atoms with Gasteiger partial charge in [0.2, 0.25) is 0 Å². The molecule has 0 radical (unpaired) electrons. The Morgan fingerprint density at radius 3 is 2.62 bits per heavy atom. The topological polar surface area (TPSA) is 60.5 Å². The smallest absolute Gasteiger partial charge is 0.253 e. The molecular formula is C19H18N2O3. The molecule has 0 atom stereocenters. The second-order valence-electron chi connectivity index (χ2n) is 5.16. The summed E-state index contributed by atoms with van der Waals surface area (Å²) in [5, 5.41) is 4.68. The molecule has 1 N–H and O–H groups in total. The Hall–Kier alpha value is -3.08. The minimum absolute atomic E-state index is 0.164. The number of benzene rings is 2. The number of amides is 1. The molecule has 5 heteroatoms. The lowest BCUT2D eigenvalue weighted by atomic mass is 10.1. The monoisotopic (exact) mass is 322 g/mol. The molecule has 5 nitrogen and oxygen atoms in total. The fourth-order valence-corrected chi connectivity index (χ4v) is 2.46. The van der Waals surface area contributed by atoms with Crippen molar-refractivity contribution in [2.24, 2.45) is 0 Å². The molecule has 0 spiro atoms. The minimum Gasteiger partial charge on any atom is -0.493 e. The van der Waals surface area contributed by atoms with E-state index < -0.39 is 0 Å². The van der Waals surface area contributed by atoms with Gasteiger partial charge in [0.25, 0.3) is 5.91 Å². The van der Waals surface area contributed by atoms with Crippen LogP contribution in [0.1, 0.15) is 10.4 Å². The van der Waals surface area contributed by atoms with Gasteiger partial charge < -0.3 is 14.8 Å². The van der Waals surface area contributed by atoms with Crippen LogP contribution in [0, 0.1) is 0 Å². The SMILES string of the molecule is COc1ccccc1OCCNC(=O)c1cncc2ccccc12. The van der Waals surface area contributed by atoms with Gasteiger partial charge in [-0.05, 0) is 17.5 Å². The highest BCUT2D eigenvalue weighted by atomic mass is 16.5. The lowest BCUT2D eigenvalue weighted by molar-refractivity contribution is 0.0948. The van der Waals surface area contributed by atoms with Crippen molar-refractivity contribution in [3.8, 4) is 11.5 Å². The second kappa shape index (κ2) is 7.46. The third-order valence-corrected chi connectivity index (χ3v) is 3.63. The number of methoxy groups -OCH3 is 1. The van der Waals surface area contributed by atoms with Gasteiger partial charge in [-0.2, -0.15) is 0 Å². The van der Waals surface area contributed by atoms with Crippen molar-refractivity contribution in [1.29, 1.82) is 0 Å². The summed E-state index contributed by atoms with van der Waals surface area (Å²) in [6.07, 6.45) is 3.33. The van der Waals surface area contributed by atoms with E-state index in [1.807, 2.05) is 48.5 Å². The lowest BCUT2D eigenvalue weighted by Gasteiger charge is -2.11. The van der Waals surface area contributed by atoms with Crippen LogP contribution < -0.4 is 14.8 Å². The van der Waals surface area contributed by atoms with Gasteiger partial charge >= 0.3 is 0 Å². The summed E-state index contributed by atoms with van der Waals surface area (Å²) in [7, 11) is 1.59. The maximum absolute atomic E-state index is 12.4. The molecule has 2 aromatic carbocycles. The van der Waals surface area contributed by atoms with Crippen LogP contribution in [0.3, 0.4) is 0 Å². The van der Waals surface area contributed by atoms with Gasteiger partial charge in [0.05, 0.1) is 19.2 Å². The Kier molecular flexibility index (Phi) is 4.91. The molecule has 122 valence electrons. The van der Waals surface area contributed by atoms with Crippen LogP contribution >= 0.6 is 0 Å². The van der Waals surface area contributed by atoms with Crippen molar-refractivity contribution >= 4 is 16.7 Å². The molecule has 0 saturated carbocycles. The first kappa shape index (κ1) is 15.8. The standard InChI is InChI=1S/C19H18N2O3/c1-23-17-8-4-5-9-18(17)24-11-10-21-19(22)16-13-20-12-14-6-2-3-7-15(14)16/h2-9,12-13H,10-11H2,1H3,(H,21,22). The summed E-state index contributed by atoms with van der Waals surface area (Å²) in [6, 6.07) is 15.1. The van der Waals surface area contributed by atoms with Crippen LogP contribution in [0.4, 0.5) is 0 Å². The van der Waals surface area contributed by atoms with E-state index in [9.17, 15) is 4.79 Å². The van der Waals surface area contributed by atoms with Gasteiger partial charge in [-0.3, -0.25) is 9.78 Å². The van der Waals surface area contributed by atoms with Crippen LogP contribution in [0.2, 0.25) is 0 Å². The third-order valence-electron chi connectivity index (χ3n) is 3.63. The summed E-state index contributed by atoms with van der Waals surface area (Å²) in [5.74, 6) is 1.16. The summed E-state index contributed by atoms with van der Waals surface area (Å²) in [6.45, 7) is 0.740. The van der Waals surface area contributed by atoms with Crippen molar-refractivity contribution in [3.63, 3.8) is 0 Å². The number of nitrogens with zero attached hydrogens (tertiary/aromatic N) is 1. The van der Waals surface area contributed by atoms with Gasteiger partial charge in [0.1, 0.15) is 6.61 Å². The van der Waals surface area contributed by atoms with Gasteiger partial charge in [0.15, 0.2) is 11.5 Å². The summed E-state index contributed by atoms with van der Waals surface area (Å²) < 4.78 is 10.9. The van der Waals surface area contributed by atoms with Crippen molar-refractivity contribution in [2.45, 2.75) is 0 Å². The summed E-state index contributed by atoms with van der Waals surface area (Å²) in [4.78, 5) is 16.5. The quantitative estimate of drug-likeness (QED) is 0.709. The predicted molar refractivity (Wildman–Crippen MR) is 92.6 cm³/mol. The molecule has 1 aromatic heterocycles. The molecule has 0 aliphatic rings. The first-order valence-electron chi connectivity index (χ1n) is 7.66. The number of rotatable bonds is 6. The normalized spacial score (nSPS) is 10.4. The van der Waals surface area contributed by atoms with Gasteiger partial charge in [0, 0.05) is 17.8 Å². The maximum atomic E-state index is 12.4. The van der Waals surface area contributed by atoms with Crippen LogP contribution in [0.25, 0.3) is 10.8 Å². The van der Waals surface area contributed by atoms with E-state index in [1.54, 1.807) is 19.5 Å². The fraction of sp³-hybridized carbons (Fsp3) is 0.158. The fourth-order valence-electron chi connectivity index (χ4n) is 2.46. The number of ether oxygens (including phenoxy) is 2. The maximum Gasteiger partial charge on any atom is 0.253 e. The van der Waals surface area contributed by atoms with Crippen molar-refractivity contribution in [2.75, 3.05) is 20.3 Å². The predicted octanol–water partition coefficient (Wildman–Crippen LogP) is 3.05. The number of para-hydroxylation sites is 2. The molecule has 1 heterocycles. The molecular weight excluding hydrogens is 304 g/mol. The van der Waals surface area contributed by atoms with Gasteiger partial charge in [-0.1, -0.05) is 36.4 Å². The molecule has 0 aliphatic heterocycles. The highest BCUT2D eigenvalue weighted by molar-refractivity contribution is 6.06. The number of hydrogen-bond acceptors (Lipinski definition) is 4. The van der Waals surface area contributed by atoms with E-state index in [-0.39, 0.29) is 5.91 Å². The average Bonchev–Trinajstić information content (AvgIpc) is 2.65. The number of carbonyl (C=O) groups excluding carboxylic acids is 1. The summed E-state index contributed by atoms with van der Waals surface area (Å²) in [5.41, 5.74) is 0.561. The number of pyridine rings is 1. The van der Waals surface area contributed by atoms with Crippen LogP contribution in [-0.4, -0.2) is 31.2 Å². The molecule has 1 amide bonds. The molecule has 3 aromatic rings. The Labute approximate surface area is 140 Å². The molecule has 0 unspecified atom stereocenters. The minimum atomic E-state index is -0.164. The Balaban J connectivity index is 1.59. The Morgan fingerprint density at radius 2 is 1.79 bits per heavy atom. The number of nitrogens with one attached hydrogen (secondary N) is 1. The molecule has 0 fully saturated rings. The Morgan fingerprint density at radius 1 is 1.04 bits per heavy atom. The van der Waals surface area contributed by atoms with E-state index in [4.69, 9.17) is 9.47 Å². The highest BCUT2D eigenvalue weighted by Gasteiger charge is 2.10. The van der Waals surface area contributed by atoms with E-state index >= 15 is 0 Å². The second-order valence-corrected chi connectivity index (χ2v) is 5.16. The zero-order valence-corrected chi connectivity index (χ0v) is 13.4. The zero-order valence-electron chi connectivity index (χ0n) is 13.4. The molecule has 0 aliphatic carbocycles. The van der Waals surface area contributed by atoms with Crippen LogP contribution in [0.15, 0.2) is 60.9 Å². The molecule has 0 saturated heterocycles. The van der Waals surface area contributed by atoms with Crippen molar-refractivity contribution in [1.82, 2.24) is 10.3 Å². The van der Waals surface area contributed by atoms with E-state index in [0.29, 0.717) is 30.2 Å². The van der Waals surface area contributed by atoms with Crippen molar-refractivity contribution in [3.05, 3.63) is 66.5 Å². The number of hydrogen-bond donors (Lipinski definition) is 1. The molecule has 3 rings (SSSR count). The first-order chi connectivity index (χ1) is 11.8. The molecule has 24 heavy (non-hydrogen) atoms. The van der Waals surface area contributed by atoms with E-state index in [2.05, 4.69) is 10.3 Å². The first-order valence-corrected chi connectivity index (χ1v) is 7.66. The molecule has 0 bridgehead atoms. The van der Waals surface area contributed by atoms with Crippen LogP contribution in [0.5, 0.6) is 11.5 Å². The Bertz CT molecular complexity index is 843. The van der Waals surface area contributed by atoms with E-state index in [1.165, 1.54) is 0 Å². The van der Waals surface area contributed by atoms with Crippen molar-refractivity contribution < 1.29 is 14.3 Å². The highest BCUT2D eigenvalue weighted by Crippen LogP contribution is 2.25. The van der Waals surface area contributed by atoms with Crippen LogP contribution in [-0.2, 0) is 0 Å². The van der Waals surface area contributed by atoms with Gasteiger partial charge in [-0.15, -0.1) is 0 Å². The third kappa shape index (κ3) is 3.46. The number of aromatic nitrogens is 1. The summed E-state index contributed by atoms with van der Waals surface area (Å²) >= 11 is 0. The largest absolute Gasteiger partial charge is 0.493 e. The van der Waals surface area contributed by atoms with Gasteiger partial charge in [-0.25, -0.2) is 0 Å². The lowest BCUT2D eigenvalue weighted by Crippen LogP contribution is -2.28. The average molecular weight is 322 g/mol. The zero-order chi connectivity index (χ0) is 16.8.